The average molecular weight is 445 g/mol. The van der Waals surface area contributed by atoms with Crippen molar-refractivity contribution in [3.05, 3.63) is 83.9 Å². The van der Waals surface area contributed by atoms with E-state index < -0.39 is 0 Å². The van der Waals surface area contributed by atoms with Crippen LogP contribution < -0.4 is 9.47 Å². The van der Waals surface area contributed by atoms with Crippen molar-refractivity contribution in [2.45, 2.75) is 13.8 Å². The molecular formula is C30H24N2O2. The van der Waals surface area contributed by atoms with E-state index in [1.807, 2.05) is 62.4 Å². The van der Waals surface area contributed by atoms with Crippen molar-refractivity contribution in [1.29, 1.82) is 10.5 Å². The second-order valence-electron chi connectivity index (χ2n) is 7.63. The van der Waals surface area contributed by atoms with Crippen LogP contribution >= 0.6 is 0 Å². The van der Waals surface area contributed by atoms with Crippen LogP contribution in [0.1, 0.15) is 25.0 Å². The van der Waals surface area contributed by atoms with Gasteiger partial charge in [0.25, 0.3) is 0 Å². The molecule has 4 heteroatoms. The molecule has 0 atom stereocenters. The number of ether oxygens (including phenoxy) is 2. The molecule has 0 spiro atoms. The molecule has 0 aliphatic heterocycles. The lowest BCUT2D eigenvalue weighted by atomic mass is 9.91. The molecule has 0 N–H and O–H groups in total. The summed E-state index contributed by atoms with van der Waals surface area (Å²) in [5.41, 5.74) is 3.87. The maximum atomic E-state index is 8.89. The van der Waals surface area contributed by atoms with Crippen molar-refractivity contribution < 1.29 is 9.47 Å². The zero-order valence-corrected chi connectivity index (χ0v) is 19.2. The van der Waals surface area contributed by atoms with Gasteiger partial charge in [-0.25, -0.2) is 0 Å². The lowest BCUT2D eigenvalue weighted by molar-refractivity contribution is 0.337. The van der Waals surface area contributed by atoms with Crippen molar-refractivity contribution in [2.24, 2.45) is 0 Å². The maximum Gasteiger partial charge on any atom is 0.127 e. The summed E-state index contributed by atoms with van der Waals surface area (Å²) in [6, 6.07) is 24.5. The van der Waals surface area contributed by atoms with Gasteiger partial charge in [0.1, 0.15) is 11.5 Å². The summed E-state index contributed by atoms with van der Waals surface area (Å²) in [6.07, 6.45) is 6.56. The predicted octanol–water partition coefficient (Wildman–Crippen LogP) is 7.53. The van der Waals surface area contributed by atoms with E-state index in [1.165, 1.54) is 12.2 Å². The molecule has 4 aromatic carbocycles. The Kier molecular flexibility index (Phi) is 6.92. The second kappa shape index (κ2) is 10.4. The van der Waals surface area contributed by atoms with E-state index in [2.05, 4.69) is 24.3 Å². The van der Waals surface area contributed by atoms with Crippen molar-refractivity contribution in [3.63, 3.8) is 0 Å². The van der Waals surface area contributed by atoms with Crippen LogP contribution in [-0.2, 0) is 0 Å². The van der Waals surface area contributed by atoms with E-state index in [4.69, 9.17) is 20.0 Å². The molecule has 0 amide bonds. The van der Waals surface area contributed by atoms with E-state index in [9.17, 15) is 0 Å². The third kappa shape index (κ3) is 4.49. The number of nitriles is 2. The molecule has 0 radical (unpaired) electrons. The molecular weight excluding hydrogens is 420 g/mol. The summed E-state index contributed by atoms with van der Waals surface area (Å²) in [5, 5.41) is 22.0. The number of rotatable bonds is 7. The fraction of sp³-hybridized carbons (Fsp3) is 0.133. The van der Waals surface area contributed by atoms with Crippen LogP contribution in [0.4, 0.5) is 0 Å². The fourth-order valence-corrected chi connectivity index (χ4v) is 4.20. The van der Waals surface area contributed by atoms with Gasteiger partial charge in [-0.05, 0) is 82.9 Å². The monoisotopic (exact) mass is 444 g/mol. The Balaban J connectivity index is 2.06. The highest BCUT2D eigenvalue weighted by Crippen LogP contribution is 2.46. The van der Waals surface area contributed by atoms with E-state index in [1.54, 1.807) is 12.2 Å². The van der Waals surface area contributed by atoms with Gasteiger partial charge in [0.2, 0.25) is 0 Å². The molecule has 0 aliphatic rings. The maximum absolute atomic E-state index is 8.89. The first kappa shape index (κ1) is 22.6. The van der Waals surface area contributed by atoms with Gasteiger partial charge < -0.3 is 9.47 Å². The number of benzene rings is 4. The summed E-state index contributed by atoms with van der Waals surface area (Å²) in [4.78, 5) is 0. The number of hydrogen-bond acceptors (Lipinski definition) is 4. The second-order valence-corrected chi connectivity index (χ2v) is 7.63. The Morgan fingerprint density at radius 3 is 1.47 bits per heavy atom. The molecule has 34 heavy (non-hydrogen) atoms. The first-order valence-corrected chi connectivity index (χ1v) is 11.2. The van der Waals surface area contributed by atoms with Gasteiger partial charge in [0.05, 0.1) is 25.4 Å². The number of nitrogens with zero attached hydrogens (tertiary/aromatic N) is 2. The lowest BCUT2D eigenvalue weighted by Gasteiger charge is -2.19. The summed E-state index contributed by atoms with van der Waals surface area (Å²) >= 11 is 0. The Hall–Kier alpha value is -4.54. The smallest absolute Gasteiger partial charge is 0.127 e. The van der Waals surface area contributed by atoms with Gasteiger partial charge in [-0.1, -0.05) is 36.4 Å². The van der Waals surface area contributed by atoms with E-state index in [0.717, 1.165) is 55.3 Å². The van der Waals surface area contributed by atoms with Crippen LogP contribution in [0.3, 0.4) is 0 Å². The van der Waals surface area contributed by atoms with E-state index in [-0.39, 0.29) is 0 Å². The topological polar surface area (TPSA) is 66.0 Å². The Morgan fingerprint density at radius 1 is 0.647 bits per heavy atom. The standard InChI is InChI=1S/C30H24N2O2/c1-3-33-27-15-11-23-19-21(7-5-17-31)9-13-25(23)29(27)30-26-14-10-22(8-6-18-32)20-24(26)12-16-28(30)34-4-2/h5-16,19-20H,3-4H2,1-2H3/b7-5+,8-6+. The Labute approximate surface area is 199 Å². The fourth-order valence-electron chi connectivity index (χ4n) is 4.20. The molecule has 0 aromatic heterocycles. The molecule has 166 valence electrons. The predicted molar refractivity (Wildman–Crippen MR) is 139 cm³/mol. The van der Waals surface area contributed by atoms with Crippen molar-refractivity contribution in [1.82, 2.24) is 0 Å². The molecule has 4 nitrogen and oxygen atoms in total. The van der Waals surface area contributed by atoms with Gasteiger partial charge in [-0.15, -0.1) is 0 Å². The minimum atomic E-state index is 0.541. The minimum absolute atomic E-state index is 0.541. The third-order valence-corrected chi connectivity index (χ3v) is 5.56. The summed E-state index contributed by atoms with van der Waals surface area (Å²) in [5.74, 6) is 1.58. The van der Waals surface area contributed by atoms with Gasteiger partial charge in [-0.3, -0.25) is 0 Å². The van der Waals surface area contributed by atoms with E-state index >= 15 is 0 Å². The number of fused-ring (bicyclic) bond motifs is 2. The molecule has 0 saturated carbocycles. The SMILES string of the molecule is CCOc1ccc2cc(/C=C/C#N)ccc2c1-c1c(OCC)ccc2cc(/C=C/C#N)ccc12. The van der Waals surface area contributed by atoms with Crippen molar-refractivity contribution in [3.8, 4) is 34.8 Å². The van der Waals surface area contributed by atoms with Gasteiger partial charge in [0, 0.05) is 23.3 Å². The summed E-state index contributed by atoms with van der Waals surface area (Å²) in [7, 11) is 0. The molecule has 0 saturated heterocycles. The first-order valence-electron chi connectivity index (χ1n) is 11.2. The molecule has 0 unspecified atom stereocenters. The molecule has 4 aromatic rings. The minimum Gasteiger partial charge on any atom is -0.493 e. The molecule has 0 heterocycles. The summed E-state index contributed by atoms with van der Waals surface area (Å²) < 4.78 is 12.2. The number of hydrogen-bond donors (Lipinski definition) is 0. The molecule has 4 rings (SSSR count). The number of allylic oxidation sites excluding steroid dienone is 2. The quantitative estimate of drug-likeness (QED) is 0.276. The normalized spacial score (nSPS) is 11.2. The molecule has 0 aliphatic carbocycles. The van der Waals surface area contributed by atoms with Gasteiger partial charge >= 0.3 is 0 Å². The zero-order chi connectivity index (χ0) is 23.9. The van der Waals surface area contributed by atoms with E-state index in [0.29, 0.717) is 13.2 Å². The van der Waals surface area contributed by atoms with Crippen LogP contribution in [0.25, 0.3) is 44.8 Å². The lowest BCUT2D eigenvalue weighted by Crippen LogP contribution is -1.99. The van der Waals surface area contributed by atoms with Gasteiger partial charge in [-0.2, -0.15) is 10.5 Å². The highest BCUT2D eigenvalue weighted by atomic mass is 16.5. The summed E-state index contributed by atoms with van der Waals surface area (Å²) in [6.45, 7) is 5.03. The molecule has 0 bridgehead atoms. The largest absolute Gasteiger partial charge is 0.493 e. The van der Waals surface area contributed by atoms with Gasteiger partial charge in [0.15, 0.2) is 0 Å². The first-order chi connectivity index (χ1) is 16.7. The van der Waals surface area contributed by atoms with Crippen LogP contribution in [0.5, 0.6) is 11.5 Å². The Bertz CT molecular complexity index is 1390. The van der Waals surface area contributed by atoms with Crippen LogP contribution in [-0.4, -0.2) is 13.2 Å². The third-order valence-electron chi connectivity index (χ3n) is 5.56. The Morgan fingerprint density at radius 2 is 1.09 bits per heavy atom. The van der Waals surface area contributed by atoms with Crippen LogP contribution in [0, 0.1) is 22.7 Å². The zero-order valence-electron chi connectivity index (χ0n) is 19.2. The highest BCUT2D eigenvalue weighted by molar-refractivity contribution is 6.10. The van der Waals surface area contributed by atoms with Crippen molar-refractivity contribution in [2.75, 3.05) is 13.2 Å². The van der Waals surface area contributed by atoms with Crippen LogP contribution in [0.15, 0.2) is 72.8 Å². The average Bonchev–Trinajstić information content (AvgIpc) is 2.86. The van der Waals surface area contributed by atoms with Crippen molar-refractivity contribution >= 4 is 33.7 Å². The highest BCUT2D eigenvalue weighted by Gasteiger charge is 2.19. The molecule has 0 fully saturated rings. The van der Waals surface area contributed by atoms with Crippen LogP contribution in [0.2, 0.25) is 0 Å².